The van der Waals surface area contributed by atoms with Crippen LogP contribution in [0.3, 0.4) is 0 Å². The van der Waals surface area contributed by atoms with E-state index in [4.69, 9.17) is 5.11 Å². The zero-order chi connectivity index (χ0) is 13.0. The lowest BCUT2D eigenvalue weighted by atomic mass is 9.96. The third kappa shape index (κ3) is 3.32. The molecule has 0 saturated carbocycles. The normalized spacial score (nSPS) is 17.3. The summed E-state index contributed by atoms with van der Waals surface area (Å²) in [5.74, 6) is 0.140. The molecule has 18 heavy (non-hydrogen) atoms. The van der Waals surface area contributed by atoms with Crippen molar-refractivity contribution >= 4 is 12.2 Å². The number of hydrogen-bond acceptors (Lipinski definition) is 1. The molecule has 2 rings (SSSR count). The van der Waals surface area contributed by atoms with Crippen LogP contribution < -0.4 is 0 Å². The van der Waals surface area contributed by atoms with Crippen molar-refractivity contribution < 1.29 is 14.3 Å². The minimum Gasteiger partial charge on any atom is -0.465 e. The number of carbonyl (C=O) groups is 1. The molecule has 4 heteroatoms. The van der Waals surface area contributed by atoms with Crippen LogP contribution in [-0.2, 0) is 0 Å². The van der Waals surface area contributed by atoms with Gasteiger partial charge in [0.1, 0.15) is 5.82 Å². The summed E-state index contributed by atoms with van der Waals surface area (Å²) in [5, 5.41) is 8.83. The van der Waals surface area contributed by atoms with E-state index < -0.39 is 6.09 Å². The van der Waals surface area contributed by atoms with E-state index >= 15 is 0 Å². The quantitative estimate of drug-likeness (QED) is 0.874. The van der Waals surface area contributed by atoms with E-state index in [9.17, 15) is 9.18 Å². The number of piperidine rings is 1. The number of nitrogens with zero attached hydrogens (tertiary/aromatic N) is 1. The summed E-state index contributed by atoms with van der Waals surface area (Å²) in [4.78, 5) is 12.2. The van der Waals surface area contributed by atoms with Gasteiger partial charge < -0.3 is 10.0 Å². The lowest BCUT2D eigenvalue weighted by Gasteiger charge is -2.28. The predicted octanol–water partition coefficient (Wildman–Crippen LogP) is 3.23. The largest absolute Gasteiger partial charge is 0.465 e. The molecular weight excluding hydrogens is 233 g/mol. The summed E-state index contributed by atoms with van der Waals surface area (Å²) < 4.78 is 13.0. The molecule has 0 bridgehead atoms. The number of allylic oxidation sites excluding steroid dienone is 1. The van der Waals surface area contributed by atoms with E-state index in [0.29, 0.717) is 19.0 Å². The van der Waals surface area contributed by atoms with Gasteiger partial charge in [-0.15, -0.1) is 0 Å². The fraction of sp³-hybridized carbons (Fsp3) is 0.357. The van der Waals surface area contributed by atoms with Crippen LogP contribution in [-0.4, -0.2) is 29.2 Å². The Hall–Kier alpha value is -1.84. The van der Waals surface area contributed by atoms with Crippen molar-refractivity contribution in [2.24, 2.45) is 5.92 Å². The highest BCUT2D eigenvalue weighted by Gasteiger charge is 2.20. The minimum atomic E-state index is -0.845. The molecule has 0 radical (unpaired) electrons. The summed E-state index contributed by atoms with van der Waals surface area (Å²) in [6, 6.07) is 6.44. The first-order valence-corrected chi connectivity index (χ1v) is 6.07. The fourth-order valence-corrected chi connectivity index (χ4v) is 2.14. The van der Waals surface area contributed by atoms with Crippen LogP contribution in [0.4, 0.5) is 9.18 Å². The molecule has 0 aliphatic carbocycles. The maximum absolute atomic E-state index is 13.0. The highest BCUT2D eigenvalue weighted by molar-refractivity contribution is 5.65. The SMILES string of the molecule is O=C(O)N1CCC(C=Cc2cccc(F)c2)CC1. The van der Waals surface area contributed by atoms with Crippen molar-refractivity contribution in [2.75, 3.05) is 13.1 Å². The second kappa shape index (κ2) is 5.67. The Morgan fingerprint density at radius 3 is 2.72 bits per heavy atom. The monoisotopic (exact) mass is 249 g/mol. The molecule has 1 amide bonds. The number of carboxylic acid groups (broad SMARTS) is 1. The van der Waals surface area contributed by atoms with E-state index in [0.717, 1.165) is 18.4 Å². The van der Waals surface area contributed by atoms with Crippen molar-refractivity contribution in [3.63, 3.8) is 0 Å². The third-order valence-electron chi connectivity index (χ3n) is 3.22. The summed E-state index contributed by atoms with van der Waals surface area (Å²) in [7, 11) is 0. The van der Waals surface area contributed by atoms with Crippen molar-refractivity contribution in [2.45, 2.75) is 12.8 Å². The first-order chi connectivity index (χ1) is 8.65. The topological polar surface area (TPSA) is 40.5 Å². The number of rotatable bonds is 2. The Morgan fingerprint density at radius 1 is 1.39 bits per heavy atom. The number of hydrogen-bond donors (Lipinski definition) is 1. The van der Waals surface area contributed by atoms with Gasteiger partial charge in [0.05, 0.1) is 0 Å². The maximum Gasteiger partial charge on any atom is 0.407 e. The molecule has 1 fully saturated rings. The van der Waals surface area contributed by atoms with Gasteiger partial charge in [-0.2, -0.15) is 0 Å². The van der Waals surface area contributed by atoms with Gasteiger partial charge in [-0.1, -0.05) is 24.3 Å². The number of amides is 1. The zero-order valence-electron chi connectivity index (χ0n) is 10.1. The van der Waals surface area contributed by atoms with Gasteiger partial charge in [-0.25, -0.2) is 9.18 Å². The van der Waals surface area contributed by atoms with Gasteiger partial charge in [0, 0.05) is 13.1 Å². The number of likely N-dealkylation sites (tertiary alicyclic amines) is 1. The van der Waals surface area contributed by atoms with E-state index in [-0.39, 0.29) is 5.82 Å². The Bertz CT molecular complexity index is 451. The standard InChI is InChI=1S/C14H16FNO2/c15-13-3-1-2-12(10-13)5-4-11-6-8-16(9-7-11)14(17)18/h1-5,10-11H,6-9H2,(H,17,18). The summed E-state index contributed by atoms with van der Waals surface area (Å²) >= 11 is 0. The van der Waals surface area contributed by atoms with E-state index in [1.165, 1.54) is 17.0 Å². The molecule has 1 N–H and O–H groups in total. The predicted molar refractivity (Wildman–Crippen MR) is 67.8 cm³/mol. The molecular formula is C14H16FNO2. The first-order valence-electron chi connectivity index (χ1n) is 6.07. The first kappa shape index (κ1) is 12.6. The summed E-state index contributed by atoms with van der Waals surface area (Å²) in [6.45, 7) is 1.15. The van der Waals surface area contributed by atoms with Crippen molar-refractivity contribution in [3.8, 4) is 0 Å². The number of halogens is 1. The van der Waals surface area contributed by atoms with Crippen LogP contribution in [0.1, 0.15) is 18.4 Å². The Kier molecular flexibility index (Phi) is 3.97. The van der Waals surface area contributed by atoms with Crippen molar-refractivity contribution in [3.05, 3.63) is 41.7 Å². The summed E-state index contributed by atoms with van der Waals surface area (Å²) in [5.41, 5.74) is 0.843. The van der Waals surface area contributed by atoms with Crippen LogP contribution in [0, 0.1) is 11.7 Å². The molecule has 1 aromatic rings. The molecule has 1 aromatic carbocycles. The van der Waals surface area contributed by atoms with E-state index in [2.05, 4.69) is 0 Å². The molecule has 1 aliphatic rings. The average molecular weight is 249 g/mol. The minimum absolute atomic E-state index is 0.238. The molecule has 0 spiro atoms. The second-order valence-electron chi connectivity index (χ2n) is 4.52. The van der Waals surface area contributed by atoms with Gasteiger partial charge >= 0.3 is 6.09 Å². The third-order valence-corrected chi connectivity index (χ3v) is 3.22. The lowest BCUT2D eigenvalue weighted by molar-refractivity contribution is 0.129. The van der Waals surface area contributed by atoms with Crippen molar-refractivity contribution in [1.82, 2.24) is 4.90 Å². The molecule has 0 atom stereocenters. The van der Waals surface area contributed by atoms with Gasteiger partial charge in [-0.3, -0.25) is 0 Å². The Balaban J connectivity index is 1.90. The lowest BCUT2D eigenvalue weighted by Crippen LogP contribution is -2.36. The van der Waals surface area contributed by atoms with Crippen LogP contribution in [0.15, 0.2) is 30.3 Å². The van der Waals surface area contributed by atoms with Gasteiger partial charge in [0.25, 0.3) is 0 Å². The molecule has 1 aliphatic heterocycles. The highest BCUT2D eigenvalue weighted by Crippen LogP contribution is 2.19. The maximum atomic E-state index is 13.0. The highest BCUT2D eigenvalue weighted by atomic mass is 19.1. The molecule has 96 valence electrons. The van der Waals surface area contributed by atoms with Crippen LogP contribution in [0.25, 0.3) is 6.08 Å². The Morgan fingerprint density at radius 2 is 2.11 bits per heavy atom. The molecule has 3 nitrogen and oxygen atoms in total. The molecule has 0 unspecified atom stereocenters. The van der Waals surface area contributed by atoms with Crippen molar-refractivity contribution in [1.29, 1.82) is 0 Å². The molecule has 0 aromatic heterocycles. The van der Waals surface area contributed by atoms with Crippen LogP contribution in [0.5, 0.6) is 0 Å². The van der Waals surface area contributed by atoms with Gasteiger partial charge in [0.15, 0.2) is 0 Å². The molecule has 1 heterocycles. The zero-order valence-corrected chi connectivity index (χ0v) is 10.1. The fourth-order valence-electron chi connectivity index (χ4n) is 2.14. The smallest absolute Gasteiger partial charge is 0.407 e. The summed E-state index contributed by atoms with van der Waals surface area (Å²) in [6.07, 6.45) is 4.77. The van der Waals surface area contributed by atoms with E-state index in [1.807, 2.05) is 18.2 Å². The average Bonchev–Trinajstić information content (AvgIpc) is 2.37. The van der Waals surface area contributed by atoms with Gasteiger partial charge in [0.2, 0.25) is 0 Å². The number of benzene rings is 1. The Labute approximate surface area is 106 Å². The van der Waals surface area contributed by atoms with E-state index in [1.54, 1.807) is 6.07 Å². The van der Waals surface area contributed by atoms with Crippen LogP contribution in [0.2, 0.25) is 0 Å². The van der Waals surface area contributed by atoms with Gasteiger partial charge in [-0.05, 0) is 36.5 Å². The van der Waals surface area contributed by atoms with Crippen LogP contribution >= 0.6 is 0 Å². The molecule has 1 saturated heterocycles. The second-order valence-corrected chi connectivity index (χ2v) is 4.52.